The highest BCUT2D eigenvalue weighted by atomic mass is 35.7. The van der Waals surface area contributed by atoms with Crippen molar-refractivity contribution in [3.05, 3.63) is 29.8 Å². The van der Waals surface area contributed by atoms with Crippen LogP contribution in [-0.4, -0.2) is 11.7 Å². The van der Waals surface area contributed by atoms with Crippen molar-refractivity contribution in [2.75, 3.05) is 5.32 Å². The Morgan fingerprint density at radius 2 is 2.07 bits per heavy atom. The quantitative estimate of drug-likeness (QED) is 0.752. The van der Waals surface area contributed by atoms with Crippen LogP contribution < -0.4 is 5.32 Å². The molecule has 0 aliphatic carbocycles. The standard InChI is InChI=1S/C10H10ClNS2/c1-7-12-9-5-4-8(14(2,3)11)6-10(9)13-7/h4-6,12H,1-3H2. The largest absolute Gasteiger partial charge is 0.350 e. The van der Waals surface area contributed by atoms with E-state index < -0.39 is 8.42 Å². The molecule has 0 unspecified atom stereocenters. The Morgan fingerprint density at radius 3 is 2.71 bits per heavy atom. The second-order valence-electron chi connectivity index (χ2n) is 3.10. The van der Waals surface area contributed by atoms with E-state index in [0.29, 0.717) is 0 Å². The minimum absolute atomic E-state index is 0.945. The third-order valence-electron chi connectivity index (χ3n) is 1.88. The summed E-state index contributed by atoms with van der Waals surface area (Å²) in [7, 11) is 4.47. The van der Waals surface area contributed by atoms with E-state index in [1.165, 1.54) is 0 Å². The fourth-order valence-electron chi connectivity index (χ4n) is 1.23. The number of benzene rings is 1. The zero-order valence-corrected chi connectivity index (χ0v) is 9.94. The lowest BCUT2D eigenvalue weighted by atomic mass is 10.3. The Hall–Kier alpha value is -0.510. The normalized spacial score (nSPS) is 15.1. The molecule has 1 nitrogen and oxygen atoms in total. The molecular weight excluding hydrogens is 234 g/mol. The number of rotatable bonds is 1. The van der Waals surface area contributed by atoms with Crippen molar-refractivity contribution in [1.82, 2.24) is 0 Å². The van der Waals surface area contributed by atoms with E-state index >= 15 is 0 Å². The van der Waals surface area contributed by atoms with Gasteiger partial charge in [0.2, 0.25) is 0 Å². The van der Waals surface area contributed by atoms with Crippen molar-refractivity contribution in [3.63, 3.8) is 0 Å². The SMILES string of the molecule is C=C1Nc2ccc(S(=C)(=C)Cl)cc2S1. The smallest absolute Gasteiger partial charge is 0.0701 e. The van der Waals surface area contributed by atoms with Crippen LogP contribution in [0.15, 0.2) is 39.6 Å². The van der Waals surface area contributed by atoms with Crippen molar-refractivity contribution in [3.8, 4) is 0 Å². The second-order valence-corrected chi connectivity index (χ2v) is 8.05. The lowest BCUT2D eigenvalue weighted by Gasteiger charge is -2.06. The number of hydrogen-bond acceptors (Lipinski definition) is 2. The monoisotopic (exact) mass is 243 g/mol. The molecule has 1 aliphatic rings. The number of nitrogens with one attached hydrogen (secondary N) is 1. The molecule has 74 valence electrons. The Bertz CT molecular complexity index is 503. The third kappa shape index (κ3) is 1.80. The van der Waals surface area contributed by atoms with Gasteiger partial charge in [-0.05, 0) is 18.2 Å². The molecule has 0 saturated heterocycles. The van der Waals surface area contributed by atoms with Gasteiger partial charge >= 0.3 is 0 Å². The van der Waals surface area contributed by atoms with E-state index in [4.69, 9.17) is 10.7 Å². The molecule has 0 atom stereocenters. The van der Waals surface area contributed by atoms with Gasteiger partial charge < -0.3 is 5.32 Å². The van der Waals surface area contributed by atoms with Crippen LogP contribution in [0, 0.1) is 0 Å². The van der Waals surface area contributed by atoms with Gasteiger partial charge in [0.05, 0.1) is 10.7 Å². The molecule has 4 heteroatoms. The summed E-state index contributed by atoms with van der Waals surface area (Å²) in [5.41, 5.74) is 1.09. The molecule has 1 N–H and O–H groups in total. The average molecular weight is 244 g/mol. The predicted octanol–water partition coefficient (Wildman–Crippen LogP) is 3.86. The Labute approximate surface area is 93.1 Å². The van der Waals surface area contributed by atoms with Crippen molar-refractivity contribution >= 4 is 48.3 Å². The predicted molar refractivity (Wildman–Crippen MR) is 71.0 cm³/mol. The number of hydrogen-bond donors (Lipinski definition) is 1. The van der Waals surface area contributed by atoms with Gasteiger partial charge in [0, 0.05) is 9.79 Å². The fraction of sp³-hybridized carbons (Fsp3) is 0. The first-order valence-corrected chi connectivity index (χ1v) is 7.55. The van der Waals surface area contributed by atoms with Crippen LogP contribution in [0.3, 0.4) is 0 Å². The van der Waals surface area contributed by atoms with Gasteiger partial charge in [0.1, 0.15) is 0 Å². The molecule has 0 bridgehead atoms. The molecule has 0 aromatic heterocycles. The molecule has 0 radical (unpaired) electrons. The summed E-state index contributed by atoms with van der Waals surface area (Å²) in [5, 5.41) is 4.11. The van der Waals surface area contributed by atoms with E-state index in [9.17, 15) is 0 Å². The summed E-state index contributed by atoms with van der Waals surface area (Å²) < 4.78 is 0. The van der Waals surface area contributed by atoms with E-state index in [1.807, 2.05) is 18.2 Å². The van der Waals surface area contributed by atoms with Gasteiger partial charge in [0.25, 0.3) is 0 Å². The van der Waals surface area contributed by atoms with Gasteiger partial charge in [-0.25, -0.2) is 0 Å². The second kappa shape index (κ2) is 3.26. The van der Waals surface area contributed by atoms with Crippen molar-refractivity contribution in [1.29, 1.82) is 0 Å². The van der Waals surface area contributed by atoms with Gasteiger partial charge in [-0.3, -0.25) is 0 Å². The summed E-state index contributed by atoms with van der Waals surface area (Å²) in [6, 6.07) is 6.00. The molecule has 1 aliphatic heterocycles. The highest BCUT2D eigenvalue weighted by molar-refractivity contribution is 8.45. The highest BCUT2D eigenvalue weighted by Crippen LogP contribution is 2.45. The Balaban J connectivity index is 2.53. The zero-order valence-electron chi connectivity index (χ0n) is 7.55. The number of fused-ring (bicyclic) bond motifs is 1. The lowest BCUT2D eigenvalue weighted by molar-refractivity contribution is 1.35. The fourth-order valence-corrected chi connectivity index (χ4v) is 3.07. The van der Waals surface area contributed by atoms with Gasteiger partial charge in [-0.1, -0.05) is 40.8 Å². The molecule has 1 heterocycles. The molecule has 14 heavy (non-hydrogen) atoms. The minimum atomic E-state index is -1.64. The van der Waals surface area contributed by atoms with Crippen LogP contribution in [0.1, 0.15) is 0 Å². The zero-order chi connectivity index (χ0) is 10.3. The maximum absolute atomic E-state index is 6.11. The van der Waals surface area contributed by atoms with Crippen LogP contribution in [-0.2, 0) is 0 Å². The summed E-state index contributed by atoms with van der Waals surface area (Å²) in [5.74, 6) is 7.74. The van der Waals surface area contributed by atoms with Crippen molar-refractivity contribution in [2.24, 2.45) is 0 Å². The topological polar surface area (TPSA) is 12.0 Å². The molecule has 1 aromatic carbocycles. The van der Waals surface area contributed by atoms with Crippen molar-refractivity contribution < 1.29 is 0 Å². The van der Waals surface area contributed by atoms with Gasteiger partial charge in [-0.15, -0.1) is 8.42 Å². The summed E-state index contributed by atoms with van der Waals surface area (Å²) in [4.78, 5) is 2.15. The van der Waals surface area contributed by atoms with Crippen LogP contribution in [0.4, 0.5) is 5.69 Å². The molecule has 1 aromatic rings. The van der Waals surface area contributed by atoms with Gasteiger partial charge in [-0.2, -0.15) is 0 Å². The van der Waals surface area contributed by atoms with Gasteiger partial charge in [0.15, 0.2) is 0 Å². The molecule has 0 spiro atoms. The van der Waals surface area contributed by atoms with Crippen LogP contribution >= 0.6 is 30.9 Å². The maximum atomic E-state index is 6.11. The van der Waals surface area contributed by atoms with E-state index in [2.05, 4.69) is 23.6 Å². The summed E-state index contributed by atoms with van der Waals surface area (Å²) in [6.07, 6.45) is 0. The molecule has 0 saturated carbocycles. The first kappa shape index (κ1) is 10.0. The van der Waals surface area contributed by atoms with Crippen LogP contribution in [0.2, 0.25) is 0 Å². The minimum Gasteiger partial charge on any atom is -0.350 e. The van der Waals surface area contributed by atoms with E-state index in [0.717, 1.165) is 20.5 Å². The molecule has 2 rings (SSSR count). The Kier molecular flexibility index (Phi) is 2.33. The third-order valence-corrected chi connectivity index (χ3v) is 4.42. The number of anilines is 1. The maximum Gasteiger partial charge on any atom is 0.0701 e. The lowest BCUT2D eigenvalue weighted by Crippen LogP contribution is -1.85. The molecule has 0 fully saturated rings. The van der Waals surface area contributed by atoms with Crippen LogP contribution in [0.5, 0.6) is 0 Å². The van der Waals surface area contributed by atoms with Crippen molar-refractivity contribution in [2.45, 2.75) is 9.79 Å². The number of thioether (sulfide) groups is 1. The van der Waals surface area contributed by atoms with Crippen LogP contribution in [0.25, 0.3) is 0 Å². The summed E-state index contributed by atoms with van der Waals surface area (Å²) >= 11 is 1.61. The summed E-state index contributed by atoms with van der Waals surface area (Å²) in [6.45, 7) is 3.86. The first-order chi connectivity index (χ1) is 6.47. The Morgan fingerprint density at radius 1 is 1.36 bits per heavy atom. The van der Waals surface area contributed by atoms with E-state index in [-0.39, 0.29) is 0 Å². The highest BCUT2D eigenvalue weighted by Gasteiger charge is 2.14. The molecule has 0 amide bonds. The van der Waals surface area contributed by atoms with E-state index in [1.54, 1.807) is 11.8 Å². The first-order valence-electron chi connectivity index (χ1n) is 3.94. The average Bonchev–Trinajstić information content (AvgIpc) is 2.41. The number of halogens is 1. The molecular formula is C10H10ClNS2.